The summed E-state index contributed by atoms with van der Waals surface area (Å²) >= 11 is 0. The van der Waals surface area contributed by atoms with E-state index >= 15 is 0 Å². The smallest absolute Gasteiger partial charge is 0.145 e. The molecule has 0 bridgehead atoms. The van der Waals surface area contributed by atoms with E-state index in [1.165, 1.54) is 0 Å². The van der Waals surface area contributed by atoms with Crippen molar-refractivity contribution in [3.05, 3.63) is 0 Å². The molecule has 1 unspecified atom stereocenters. The fourth-order valence-corrected chi connectivity index (χ4v) is 1.26. The lowest BCUT2D eigenvalue weighted by Crippen LogP contribution is -2.35. The third kappa shape index (κ3) is 2.38. The van der Waals surface area contributed by atoms with E-state index < -0.39 is 6.67 Å². The summed E-state index contributed by atoms with van der Waals surface area (Å²) in [6.07, 6.45) is 0. The van der Waals surface area contributed by atoms with Crippen LogP contribution in [0.1, 0.15) is 6.92 Å². The second-order valence-electron chi connectivity index (χ2n) is 3.43. The number of hydrogen-bond donors (Lipinski definition) is 2. The number of rotatable bonds is 4. The summed E-state index contributed by atoms with van der Waals surface area (Å²) < 4.78 is 11.7. The van der Waals surface area contributed by atoms with E-state index in [4.69, 9.17) is 10.6 Å². The van der Waals surface area contributed by atoms with Crippen LogP contribution in [0.5, 0.6) is 0 Å². The van der Waals surface area contributed by atoms with Crippen molar-refractivity contribution in [2.45, 2.75) is 6.92 Å². The average Bonchev–Trinajstić information content (AvgIpc) is 2.50. The van der Waals surface area contributed by atoms with Crippen molar-refractivity contribution in [2.75, 3.05) is 32.9 Å². The second kappa shape index (κ2) is 4.53. The molecule has 13 heavy (non-hydrogen) atoms. The molecule has 3 N–H and O–H groups in total. The Balaban J connectivity index is 2.52. The molecule has 1 aliphatic heterocycles. The summed E-state index contributed by atoms with van der Waals surface area (Å²) in [4.78, 5) is 4.78. The number of halogens is 1. The van der Waals surface area contributed by atoms with Gasteiger partial charge in [0.1, 0.15) is 13.3 Å². The predicted octanol–water partition coefficient (Wildman–Crippen LogP) is -0.103. The predicted molar refractivity (Wildman–Crippen MR) is 49.4 cm³/mol. The van der Waals surface area contributed by atoms with Crippen LogP contribution in [0, 0.1) is 5.41 Å². The van der Waals surface area contributed by atoms with Crippen molar-refractivity contribution in [3.63, 3.8) is 0 Å². The molecule has 0 radical (unpaired) electrons. The maximum absolute atomic E-state index is 11.7. The molecule has 5 heteroatoms. The molecule has 1 heterocycles. The minimum absolute atomic E-state index is 0.0180. The summed E-state index contributed by atoms with van der Waals surface area (Å²) in [5, 5.41) is 7.03. The first-order chi connectivity index (χ1) is 6.23. The van der Waals surface area contributed by atoms with Crippen LogP contribution in [0.3, 0.4) is 0 Å². The van der Waals surface area contributed by atoms with Crippen LogP contribution >= 0.6 is 0 Å². The third-order valence-electron chi connectivity index (χ3n) is 2.30. The number of oxime groups is 1. The molecule has 1 saturated heterocycles. The van der Waals surface area contributed by atoms with Crippen LogP contribution in [0.4, 0.5) is 4.39 Å². The number of hydrogen-bond acceptors (Lipinski definition) is 4. The van der Waals surface area contributed by atoms with Crippen molar-refractivity contribution >= 4 is 5.71 Å². The van der Waals surface area contributed by atoms with Crippen molar-refractivity contribution < 1.29 is 9.23 Å². The zero-order chi connectivity index (χ0) is 9.73. The lowest BCUT2D eigenvalue weighted by molar-refractivity contribution is 0.125. The van der Waals surface area contributed by atoms with Gasteiger partial charge in [-0.1, -0.05) is 12.1 Å². The molecule has 1 rings (SSSR count). The van der Waals surface area contributed by atoms with E-state index in [1.54, 1.807) is 0 Å². The first-order valence-electron chi connectivity index (χ1n) is 4.39. The zero-order valence-electron chi connectivity index (χ0n) is 7.85. The number of nitrogens with one attached hydrogen (secondary N) is 1. The lowest BCUT2D eigenvalue weighted by atomic mass is 9.88. The van der Waals surface area contributed by atoms with Gasteiger partial charge in [-0.15, -0.1) is 0 Å². The van der Waals surface area contributed by atoms with Crippen LogP contribution < -0.4 is 11.1 Å². The highest BCUT2D eigenvalue weighted by Crippen LogP contribution is 2.20. The van der Waals surface area contributed by atoms with Crippen molar-refractivity contribution in [1.82, 2.24) is 5.32 Å². The molecule has 0 aromatic rings. The van der Waals surface area contributed by atoms with Crippen molar-refractivity contribution in [1.29, 1.82) is 0 Å². The Labute approximate surface area is 77.3 Å². The Hall–Kier alpha value is -0.680. The van der Waals surface area contributed by atoms with E-state index in [1.807, 2.05) is 6.92 Å². The van der Waals surface area contributed by atoms with E-state index in [0.717, 1.165) is 12.3 Å². The first-order valence-corrected chi connectivity index (χ1v) is 4.39. The summed E-state index contributed by atoms with van der Waals surface area (Å²) in [5.74, 6) is 0. The van der Waals surface area contributed by atoms with Crippen LogP contribution in [0.2, 0.25) is 0 Å². The van der Waals surface area contributed by atoms with Gasteiger partial charge in [0.15, 0.2) is 0 Å². The fourth-order valence-electron chi connectivity index (χ4n) is 1.26. The van der Waals surface area contributed by atoms with Crippen molar-refractivity contribution in [2.24, 2.45) is 16.3 Å². The highest BCUT2D eigenvalue weighted by Gasteiger charge is 2.34. The summed E-state index contributed by atoms with van der Waals surface area (Å²) in [6.45, 7) is 3.54. The Morgan fingerprint density at radius 3 is 3.15 bits per heavy atom. The number of alkyl halides is 1. The van der Waals surface area contributed by atoms with E-state index in [2.05, 4.69) is 10.5 Å². The van der Waals surface area contributed by atoms with Gasteiger partial charge in [-0.25, -0.2) is 4.39 Å². The van der Waals surface area contributed by atoms with E-state index in [0.29, 0.717) is 13.1 Å². The molecule has 1 atom stereocenters. The maximum atomic E-state index is 11.7. The van der Waals surface area contributed by atoms with Crippen LogP contribution in [0.15, 0.2) is 5.16 Å². The van der Waals surface area contributed by atoms with Gasteiger partial charge in [-0.05, 0) is 0 Å². The second-order valence-corrected chi connectivity index (χ2v) is 3.43. The van der Waals surface area contributed by atoms with Gasteiger partial charge in [0, 0.05) is 25.0 Å². The molecule has 0 spiro atoms. The standard InChI is InChI=1S/C8H16FN3O/c1-8(5-10)6-11-4-7(8)12-13-3-2-9/h11H,2-6,10H2,1H3. The van der Waals surface area contributed by atoms with Gasteiger partial charge in [-0.3, -0.25) is 0 Å². The molecular formula is C8H16FN3O. The summed E-state index contributed by atoms with van der Waals surface area (Å²) in [6, 6.07) is 0. The molecule has 1 aliphatic rings. The molecule has 0 amide bonds. The van der Waals surface area contributed by atoms with Crippen LogP contribution in [-0.4, -0.2) is 38.6 Å². The molecule has 0 saturated carbocycles. The van der Waals surface area contributed by atoms with Gasteiger partial charge in [0.05, 0.1) is 5.71 Å². The van der Waals surface area contributed by atoms with E-state index in [-0.39, 0.29) is 12.0 Å². The SMILES string of the molecule is CC1(CN)CNCC1=NOCCF. The van der Waals surface area contributed by atoms with Gasteiger partial charge in [0.2, 0.25) is 0 Å². The van der Waals surface area contributed by atoms with Gasteiger partial charge < -0.3 is 15.9 Å². The Morgan fingerprint density at radius 2 is 2.54 bits per heavy atom. The number of nitrogens with zero attached hydrogens (tertiary/aromatic N) is 1. The fraction of sp³-hybridized carbons (Fsp3) is 0.875. The maximum Gasteiger partial charge on any atom is 0.145 e. The first kappa shape index (κ1) is 10.4. The minimum Gasteiger partial charge on any atom is -0.393 e. The average molecular weight is 189 g/mol. The minimum atomic E-state index is -0.510. The Bertz CT molecular complexity index is 198. The molecule has 0 aromatic heterocycles. The molecule has 76 valence electrons. The summed E-state index contributed by atoms with van der Waals surface area (Å²) in [7, 11) is 0. The summed E-state index contributed by atoms with van der Waals surface area (Å²) in [5.41, 5.74) is 6.36. The molecular weight excluding hydrogens is 173 g/mol. The Morgan fingerprint density at radius 1 is 1.77 bits per heavy atom. The van der Waals surface area contributed by atoms with Gasteiger partial charge >= 0.3 is 0 Å². The van der Waals surface area contributed by atoms with Gasteiger partial charge in [0.25, 0.3) is 0 Å². The van der Waals surface area contributed by atoms with Crippen LogP contribution in [0.25, 0.3) is 0 Å². The number of nitrogens with two attached hydrogens (primary N) is 1. The molecule has 0 aliphatic carbocycles. The highest BCUT2D eigenvalue weighted by molar-refractivity contribution is 5.93. The zero-order valence-corrected chi connectivity index (χ0v) is 7.85. The Kier molecular flexibility index (Phi) is 3.62. The quantitative estimate of drug-likeness (QED) is 0.479. The topological polar surface area (TPSA) is 59.6 Å². The van der Waals surface area contributed by atoms with Crippen molar-refractivity contribution in [3.8, 4) is 0 Å². The highest BCUT2D eigenvalue weighted by atomic mass is 19.1. The molecule has 0 aromatic carbocycles. The van der Waals surface area contributed by atoms with Crippen LogP contribution in [-0.2, 0) is 4.84 Å². The normalized spacial score (nSPS) is 31.2. The molecule has 1 fully saturated rings. The largest absolute Gasteiger partial charge is 0.393 e. The third-order valence-corrected chi connectivity index (χ3v) is 2.30. The monoisotopic (exact) mass is 189 g/mol. The lowest BCUT2D eigenvalue weighted by Gasteiger charge is -2.20. The molecule has 4 nitrogen and oxygen atoms in total. The van der Waals surface area contributed by atoms with E-state index in [9.17, 15) is 4.39 Å². The van der Waals surface area contributed by atoms with Gasteiger partial charge in [-0.2, -0.15) is 0 Å².